The van der Waals surface area contributed by atoms with Gasteiger partial charge < -0.3 is 5.73 Å². The first-order valence-electron chi connectivity index (χ1n) is 7.01. The van der Waals surface area contributed by atoms with Crippen molar-refractivity contribution in [2.24, 2.45) is 5.73 Å². The minimum atomic E-state index is 0.238. The number of hydrogen-bond donors (Lipinski definition) is 1. The summed E-state index contributed by atoms with van der Waals surface area (Å²) in [4.78, 5) is 0. The van der Waals surface area contributed by atoms with Crippen LogP contribution in [0.1, 0.15) is 28.7 Å². The molecule has 0 spiro atoms. The maximum Gasteiger partial charge on any atom is 0.00824 e. The lowest BCUT2D eigenvalue weighted by molar-refractivity contribution is 0.609. The number of aryl methyl sites for hydroxylation is 3. The van der Waals surface area contributed by atoms with E-state index in [0.29, 0.717) is 0 Å². The lowest BCUT2D eigenvalue weighted by Gasteiger charge is -2.13. The van der Waals surface area contributed by atoms with Crippen molar-refractivity contribution in [3.05, 3.63) is 70.8 Å². The Morgan fingerprint density at radius 3 is 2.32 bits per heavy atom. The van der Waals surface area contributed by atoms with E-state index in [1.54, 1.807) is 0 Å². The van der Waals surface area contributed by atoms with Gasteiger partial charge >= 0.3 is 0 Å². The number of benzene rings is 2. The molecule has 19 heavy (non-hydrogen) atoms. The van der Waals surface area contributed by atoms with E-state index in [2.05, 4.69) is 62.4 Å². The van der Waals surface area contributed by atoms with Gasteiger partial charge in [0.05, 0.1) is 0 Å². The first-order chi connectivity index (χ1) is 9.15. The molecule has 0 saturated carbocycles. The molecule has 0 aliphatic rings. The van der Waals surface area contributed by atoms with E-state index in [9.17, 15) is 0 Å². The van der Waals surface area contributed by atoms with Gasteiger partial charge in [-0.2, -0.15) is 0 Å². The van der Waals surface area contributed by atoms with Gasteiger partial charge in [-0.05, 0) is 49.8 Å². The summed E-state index contributed by atoms with van der Waals surface area (Å²) in [5, 5.41) is 0. The summed E-state index contributed by atoms with van der Waals surface area (Å²) < 4.78 is 0. The monoisotopic (exact) mass is 253 g/mol. The van der Waals surface area contributed by atoms with Crippen molar-refractivity contribution in [3.63, 3.8) is 0 Å². The minimum Gasteiger partial charge on any atom is -0.327 e. The summed E-state index contributed by atoms with van der Waals surface area (Å²) in [6.07, 6.45) is 3.07. The Kier molecular flexibility index (Phi) is 4.75. The molecule has 2 rings (SSSR count). The molecular weight excluding hydrogens is 230 g/mol. The fourth-order valence-electron chi connectivity index (χ4n) is 2.36. The molecule has 0 aromatic heterocycles. The largest absolute Gasteiger partial charge is 0.327 e. The van der Waals surface area contributed by atoms with E-state index in [4.69, 9.17) is 5.73 Å². The van der Waals surface area contributed by atoms with Crippen LogP contribution in [0.4, 0.5) is 0 Å². The van der Waals surface area contributed by atoms with Crippen molar-refractivity contribution in [3.8, 4) is 0 Å². The Labute approximate surface area is 116 Å². The van der Waals surface area contributed by atoms with Crippen molar-refractivity contribution in [2.45, 2.75) is 39.2 Å². The molecule has 0 saturated heterocycles. The van der Waals surface area contributed by atoms with Gasteiger partial charge in [0.1, 0.15) is 0 Å². The Balaban J connectivity index is 1.86. The van der Waals surface area contributed by atoms with Crippen molar-refractivity contribution in [2.75, 3.05) is 0 Å². The van der Waals surface area contributed by atoms with Crippen LogP contribution in [0.5, 0.6) is 0 Å². The van der Waals surface area contributed by atoms with Crippen molar-refractivity contribution in [1.82, 2.24) is 0 Å². The molecule has 1 nitrogen and oxygen atoms in total. The van der Waals surface area contributed by atoms with Crippen LogP contribution in [0.3, 0.4) is 0 Å². The highest BCUT2D eigenvalue weighted by atomic mass is 14.6. The molecule has 0 aliphatic heterocycles. The molecule has 0 fully saturated rings. The zero-order valence-corrected chi connectivity index (χ0v) is 11.9. The Morgan fingerprint density at radius 1 is 0.947 bits per heavy atom. The summed E-state index contributed by atoms with van der Waals surface area (Å²) in [5.74, 6) is 0. The first kappa shape index (κ1) is 13.8. The smallest absolute Gasteiger partial charge is 0.00824 e. The van der Waals surface area contributed by atoms with Crippen LogP contribution in [0.15, 0.2) is 48.5 Å². The highest BCUT2D eigenvalue weighted by Crippen LogP contribution is 2.12. The van der Waals surface area contributed by atoms with E-state index in [1.165, 1.54) is 22.3 Å². The summed E-state index contributed by atoms with van der Waals surface area (Å²) in [6.45, 7) is 4.28. The minimum absolute atomic E-state index is 0.238. The van der Waals surface area contributed by atoms with Gasteiger partial charge in [0.2, 0.25) is 0 Å². The molecule has 0 amide bonds. The van der Waals surface area contributed by atoms with E-state index in [0.717, 1.165) is 19.3 Å². The third-order valence-corrected chi connectivity index (χ3v) is 3.66. The second-order valence-electron chi connectivity index (χ2n) is 5.41. The molecule has 1 heteroatoms. The molecule has 1 atom stereocenters. The average molecular weight is 253 g/mol. The van der Waals surface area contributed by atoms with Gasteiger partial charge in [0.15, 0.2) is 0 Å². The molecule has 2 aromatic carbocycles. The normalized spacial score (nSPS) is 12.4. The van der Waals surface area contributed by atoms with Crippen LogP contribution >= 0.6 is 0 Å². The predicted octanol–water partition coefficient (Wildman–Crippen LogP) is 3.81. The molecule has 0 bridgehead atoms. The van der Waals surface area contributed by atoms with E-state index < -0.39 is 0 Å². The molecule has 100 valence electrons. The van der Waals surface area contributed by atoms with Gasteiger partial charge in [-0.15, -0.1) is 0 Å². The lowest BCUT2D eigenvalue weighted by atomic mass is 9.97. The van der Waals surface area contributed by atoms with Gasteiger partial charge in [-0.3, -0.25) is 0 Å². The average Bonchev–Trinajstić information content (AvgIpc) is 2.40. The van der Waals surface area contributed by atoms with Gasteiger partial charge in [-0.1, -0.05) is 54.1 Å². The highest BCUT2D eigenvalue weighted by Gasteiger charge is 2.05. The maximum absolute atomic E-state index is 6.24. The fraction of sp³-hybridized carbons (Fsp3) is 0.333. The second kappa shape index (κ2) is 6.53. The topological polar surface area (TPSA) is 26.0 Å². The molecule has 0 heterocycles. The quantitative estimate of drug-likeness (QED) is 0.861. The lowest BCUT2D eigenvalue weighted by Crippen LogP contribution is -2.23. The summed E-state index contributed by atoms with van der Waals surface area (Å²) in [6, 6.07) is 17.5. The Bertz CT molecular complexity index is 513. The predicted molar refractivity (Wildman–Crippen MR) is 82.4 cm³/mol. The SMILES string of the molecule is Cc1ccc(CC(N)CCc2ccccc2C)cc1. The Morgan fingerprint density at radius 2 is 1.63 bits per heavy atom. The molecular formula is C18H23N. The van der Waals surface area contributed by atoms with Gasteiger partial charge in [0, 0.05) is 6.04 Å². The first-order valence-corrected chi connectivity index (χ1v) is 7.01. The van der Waals surface area contributed by atoms with Crippen molar-refractivity contribution in [1.29, 1.82) is 0 Å². The van der Waals surface area contributed by atoms with Crippen LogP contribution in [0.25, 0.3) is 0 Å². The van der Waals surface area contributed by atoms with Gasteiger partial charge in [0.25, 0.3) is 0 Å². The second-order valence-corrected chi connectivity index (χ2v) is 5.41. The molecule has 0 radical (unpaired) electrons. The summed E-state index contributed by atoms with van der Waals surface area (Å²) in [5.41, 5.74) is 11.7. The molecule has 2 N–H and O–H groups in total. The Hall–Kier alpha value is -1.60. The van der Waals surface area contributed by atoms with E-state index >= 15 is 0 Å². The number of hydrogen-bond acceptors (Lipinski definition) is 1. The highest BCUT2D eigenvalue weighted by molar-refractivity contribution is 5.26. The summed E-state index contributed by atoms with van der Waals surface area (Å²) in [7, 11) is 0. The third-order valence-electron chi connectivity index (χ3n) is 3.66. The van der Waals surface area contributed by atoms with E-state index in [1.807, 2.05) is 0 Å². The van der Waals surface area contributed by atoms with Crippen LogP contribution in [0.2, 0.25) is 0 Å². The van der Waals surface area contributed by atoms with E-state index in [-0.39, 0.29) is 6.04 Å². The zero-order valence-electron chi connectivity index (χ0n) is 11.9. The molecule has 0 aliphatic carbocycles. The van der Waals surface area contributed by atoms with Crippen LogP contribution < -0.4 is 5.73 Å². The van der Waals surface area contributed by atoms with Gasteiger partial charge in [-0.25, -0.2) is 0 Å². The number of rotatable bonds is 5. The molecule has 2 aromatic rings. The zero-order chi connectivity index (χ0) is 13.7. The number of nitrogens with two attached hydrogens (primary N) is 1. The standard InChI is InChI=1S/C18H23N/c1-14-7-9-16(10-8-14)13-18(19)12-11-17-6-4-3-5-15(17)2/h3-10,18H,11-13,19H2,1-2H3. The maximum atomic E-state index is 6.24. The van der Waals surface area contributed by atoms with Crippen molar-refractivity contribution >= 4 is 0 Å². The third kappa shape index (κ3) is 4.22. The van der Waals surface area contributed by atoms with Crippen LogP contribution in [0, 0.1) is 13.8 Å². The summed E-state index contributed by atoms with van der Waals surface area (Å²) >= 11 is 0. The fourth-order valence-corrected chi connectivity index (χ4v) is 2.36. The van der Waals surface area contributed by atoms with Crippen molar-refractivity contribution < 1.29 is 0 Å². The molecule has 1 unspecified atom stereocenters. The van der Waals surface area contributed by atoms with Crippen LogP contribution in [-0.2, 0) is 12.8 Å². The van der Waals surface area contributed by atoms with Crippen LogP contribution in [-0.4, -0.2) is 6.04 Å².